The first-order chi connectivity index (χ1) is 16.6. The Kier molecular flexibility index (Phi) is 7.91. The van der Waals surface area contributed by atoms with Gasteiger partial charge in [0.05, 0.1) is 32.3 Å². The fourth-order valence-electron chi connectivity index (χ4n) is 3.65. The molecule has 1 atom stereocenters. The lowest BCUT2D eigenvalue weighted by atomic mass is 10.1. The van der Waals surface area contributed by atoms with Gasteiger partial charge in [-0.1, -0.05) is 18.2 Å². The first kappa shape index (κ1) is 25.9. The van der Waals surface area contributed by atoms with E-state index in [1.165, 1.54) is 27.4 Å². The summed E-state index contributed by atoms with van der Waals surface area (Å²) in [6, 6.07) is 14.7. The molecule has 0 radical (unpaired) electrons. The molecule has 3 aromatic rings. The standard InChI is InChI=1S/C26H30N2O6S/c1-16-10-11-17(2)24(12-16)35(30,31)28-21-9-7-8-19(13-21)26(29)27-18(3)20-14-22(32-4)25(34-6)23(15-20)33-5/h7-15,18,28H,1-6H3,(H,27,29). The van der Waals surface area contributed by atoms with Crippen molar-refractivity contribution in [3.8, 4) is 17.2 Å². The lowest BCUT2D eigenvalue weighted by molar-refractivity contribution is 0.0939. The van der Waals surface area contributed by atoms with Gasteiger partial charge in [0.15, 0.2) is 11.5 Å². The topological polar surface area (TPSA) is 103 Å². The number of amides is 1. The van der Waals surface area contributed by atoms with Crippen LogP contribution in [0.2, 0.25) is 0 Å². The molecule has 1 unspecified atom stereocenters. The van der Waals surface area contributed by atoms with Gasteiger partial charge in [-0.15, -0.1) is 0 Å². The zero-order chi connectivity index (χ0) is 25.8. The number of benzene rings is 3. The molecular weight excluding hydrogens is 468 g/mol. The van der Waals surface area contributed by atoms with Crippen molar-refractivity contribution in [2.24, 2.45) is 0 Å². The molecule has 0 aliphatic heterocycles. The van der Waals surface area contributed by atoms with Gasteiger partial charge in [-0.2, -0.15) is 0 Å². The monoisotopic (exact) mass is 498 g/mol. The summed E-state index contributed by atoms with van der Waals surface area (Å²) in [4.78, 5) is 13.2. The van der Waals surface area contributed by atoms with Crippen LogP contribution in [0, 0.1) is 13.8 Å². The van der Waals surface area contributed by atoms with E-state index >= 15 is 0 Å². The number of sulfonamides is 1. The minimum atomic E-state index is -3.82. The Morgan fingerprint density at radius 2 is 1.54 bits per heavy atom. The van der Waals surface area contributed by atoms with E-state index in [-0.39, 0.29) is 10.8 Å². The van der Waals surface area contributed by atoms with Gasteiger partial charge >= 0.3 is 0 Å². The van der Waals surface area contributed by atoms with Crippen molar-refractivity contribution < 1.29 is 27.4 Å². The molecule has 0 saturated carbocycles. The molecule has 8 nitrogen and oxygen atoms in total. The quantitative estimate of drug-likeness (QED) is 0.446. The lowest BCUT2D eigenvalue weighted by Gasteiger charge is -2.19. The van der Waals surface area contributed by atoms with Crippen molar-refractivity contribution in [1.29, 1.82) is 0 Å². The summed E-state index contributed by atoms with van der Waals surface area (Å²) in [5.74, 6) is 1.05. The SMILES string of the molecule is COc1cc(C(C)NC(=O)c2cccc(NS(=O)(=O)c3cc(C)ccc3C)c2)cc(OC)c1OC. The molecule has 0 bridgehead atoms. The Bertz CT molecular complexity index is 1310. The molecule has 1 amide bonds. The van der Waals surface area contributed by atoms with E-state index in [0.717, 1.165) is 11.1 Å². The average Bonchev–Trinajstić information content (AvgIpc) is 2.84. The maximum absolute atomic E-state index is 13.0. The average molecular weight is 499 g/mol. The molecular formula is C26H30N2O6S. The van der Waals surface area contributed by atoms with Crippen LogP contribution in [-0.4, -0.2) is 35.7 Å². The number of carbonyl (C=O) groups excluding carboxylic acids is 1. The highest BCUT2D eigenvalue weighted by Crippen LogP contribution is 2.39. The predicted molar refractivity (Wildman–Crippen MR) is 135 cm³/mol. The summed E-state index contributed by atoms with van der Waals surface area (Å²) in [5, 5.41) is 2.92. The first-order valence-corrected chi connectivity index (χ1v) is 12.4. The number of methoxy groups -OCH3 is 3. The van der Waals surface area contributed by atoms with Crippen molar-refractivity contribution in [2.75, 3.05) is 26.1 Å². The van der Waals surface area contributed by atoms with Crippen LogP contribution in [0.5, 0.6) is 17.2 Å². The third-order valence-electron chi connectivity index (χ3n) is 5.54. The molecule has 3 aromatic carbocycles. The van der Waals surface area contributed by atoms with E-state index in [1.54, 1.807) is 49.4 Å². The van der Waals surface area contributed by atoms with Gasteiger partial charge < -0.3 is 19.5 Å². The Balaban J connectivity index is 1.81. The number of hydrogen-bond acceptors (Lipinski definition) is 6. The largest absolute Gasteiger partial charge is 0.493 e. The zero-order valence-electron chi connectivity index (χ0n) is 20.6. The second kappa shape index (κ2) is 10.7. The number of nitrogens with one attached hydrogen (secondary N) is 2. The highest BCUT2D eigenvalue weighted by molar-refractivity contribution is 7.92. The van der Waals surface area contributed by atoms with Crippen LogP contribution in [-0.2, 0) is 10.0 Å². The van der Waals surface area contributed by atoms with Crippen molar-refractivity contribution in [1.82, 2.24) is 5.32 Å². The Labute approximate surface area is 206 Å². The van der Waals surface area contributed by atoms with Gasteiger partial charge in [-0.25, -0.2) is 8.42 Å². The minimum Gasteiger partial charge on any atom is -0.493 e. The number of carbonyl (C=O) groups is 1. The van der Waals surface area contributed by atoms with Gasteiger partial charge in [0.1, 0.15) is 0 Å². The van der Waals surface area contributed by atoms with Crippen LogP contribution in [0.1, 0.15) is 40.0 Å². The van der Waals surface area contributed by atoms with Gasteiger partial charge in [0.2, 0.25) is 5.75 Å². The molecule has 0 aliphatic rings. The minimum absolute atomic E-state index is 0.198. The summed E-state index contributed by atoms with van der Waals surface area (Å²) in [6.07, 6.45) is 0. The summed E-state index contributed by atoms with van der Waals surface area (Å²) in [7, 11) is 0.748. The fourth-order valence-corrected chi connectivity index (χ4v) is 5.03. The van der Waals surface area contributed by atoms with Gasteiger partial charge in [0, 0.05) is 11.3 Å². The van der Waals surface area contributed by atoms with Gasteiger partial charge in [-0.3, -0.25) is 9.52 Å². The molecule has 0 fully saturated rings. The van der Waals surface area contributed by atoms with Crippen LogP contribution in [0.15, 0.2) is 59.5 Å². The smallest absolute Gasteiger partial charge is 0.262 e. The van der Waals surface area contributed by atoms with Crippen molar-refractivity contribution in [3.63, 3.8) is 0 Å². The highest BCUT2D eigenvalue weighted by Gasteiger charge is 2.20. The number of hydrogen-bond donors (Lipinski definition) is 2. The van der Waals surface area contributed by atoms with E-state index in [1.807, 2.05) is 19.9 Å². The van der Waals surface area contributed by atoms with Crippen molar-refractivity contribution in [3.05, 3.63) is 76.9 Å². The number of rotatable bonds is 9. The molecule has 0 aromatic heterocycles. The molecule has 3 rings (SSSR count). The van der Waals surface area contributed by atoms with Crippen LogP contribution in [0.3, 0.4) is 0 Å². The molecule has 0 aliphatic carbocycles. The lowest BCUT2D eigenvalue weighted by Crippen LogP contribution is -2.27. The molecule has 186 valence electrons. The fraction of sp³-hybridized carbons (Fsp3) is 0.269. The third kappa shape index (κ3) is 5.86. The second-order valence-corrected chi connectivity index (χ2v) is 9.76. The van der Waals surface area contributed by atoms with E-state index in [4.69, 9.17) is 14.2 Å². The van der Waals surface area contributed by atoms with Crippen LogP contribution < -0.4 is 24.2 Å². The maximum Gasteiger partial charge on any atom is 0.262 e. The van der Waals surface area contributed by atoms with Crippen molar-refractivity contribution in [2.45, 2.75) is 31.7 Å². The van der Waals surface area contributed by atoms with E-state index < -0.39 is 16.1 Å². The Morgan fingerprint density at radius 3 is 2.14 bits per heavy atom. The molecule has 35 heavy (non-hydrogen) atoms. The summed E-state index contributed by atoms with van der Waals surface area (Å²) < 4.78 is 44.6. The Morgan fingerprint density at radius 1 is 0.886 bits per heavy atom. The van der Waals surface area contributed by atoms with Gasteiger partial charge in [-0.05, 0) is 73.9 Å². The molecule has 9 heteroatoms. The summed E-state index contributed by atoms with van der Waals surface area (Å²) >= 11 is 0. The van der Waals surface area contributed by atoms with Crippen LogP contribution in [0.25, 0.3) is 0 Å². The van der Waals surface area contributed by atoms with E-state index in [9.17, 15) is 13.2 Å². The van der Waals surface area contributed by atoms with E-state index in [2.05, 4.69) is 10.0 Å². The summed E-state index contributed by atoms with van der Waals surface area (Å²) in [6.45, 7) is 5.40. The van der Waals surface area contributed by atoms with Crippen LogP contribution >= 0.6 is 0 Å². The molecule has 0 saturated heterocycles. The highest BCUT2D eigenvalue weighted by atomic mass is 32.2. The zero-order valence-corrected chi connectivity index (χ0v) is 21.4. The predicted octanol–water partition coefficient (Wildman–Crippen LogP) is 4.62. The molecule has 0 heterocycles. The maximum atomic E-state index is 13.0. The molecule has 0 spiro atoms. The molecule has 2 N–H and O–H groups in total. The first-order valence-electron chi connectivity index (χ1n) is 10.9. The Hall–Kier alpha value is -3.72. The van der Waals surface area contributed by atoms with Crippen LogP contribution in [0.4, 0.5) is 5.69 Å². The number of ether oxygens (including phenoxy) is 3. The van der Waals surface area contributed by atoms with E-state index in [0.29, 0.717) is 34.1 Å². The summed E-state index contributed by atoms with van der Waals surface area (Å²) in [5.41, 5.74) is 2.82. The van der Waals surface area contributed by atoms with Crippen molar-refractivity contribution >= 4 is 21.6 Å². The normalized spacial score (nSPS) is 11.9. The third-order valence-corrected chi connectivity index (χ3v) is 7.07. The van der Waals surface area contributed by atoms with Gasteiger partial charge in [0.25, 0.3) is 15.9 Å². The second-order valence-electron chi connectivity index (χ2n) is 8.11. The number of aryl methyl sites for hydroxylation is 2. The number of anilines is 1.